The van der Waals surface area contributed by atoms with E-state index in [2.05, 4.69) is 6.07 Å². The number of nitriles is 1. The van der Waals surface area contributed by atoms with E-state index in [0.29, 0.717) is 4.90 Å². The van der Waals surface area contributed by atoms with Crippen LogP contribution in [0.25, 0.3) is 0 Å². The van der Waals surface area contributed by atoms with Crippen LogP contribution in [0.1, 0.15) is 11.5 Å². The summed E-state index contributed by atoms with van der Waals surface area (Å²) < 4.78 is 25.2. The first kappa shape index (κ1) is 12.9. The zero-order chi connectivity index (χ0) is 14.2. The Hall–Kier alpha value is -2.12. The lowest BCUT2D eigenvalue weighted by molar-refractivity contribution is 0.593. The van der Waals surface area contributed by atoms with Crippen LogP contribution in [0.5, 0.6) is 0 Å². The van der Waals surface area contributed by atoms with Crippen LogP contribution in [0.15, 0.2) is 65.6 Å². The molecule has 0 N–H and O–H groups in total. The van der Waals surface area contributed by atoms with Gasteiger partial charge in [0.1, 0.15) is 0 Å². The summed E-state index contributed by atoms with van der Waals surface area (Å²) in [6.07, 6.45) is 0. The smallest absolute Gasteiger partial charge is 0.183 e. The lowest BCUT2D eigenvalue weighted by Gasteiger charge is -2.03. The van der Waals surface area contributed by atoms with E-state index in [1.807, 2.05) is 30.3 Å². The normalized spacial score (nSPS) is 24.9. The number of sulfone groups is 1. The fraction of sp³-hybridized carbons (Fsp3) is 0.188. The van der Waals surface area contributed by atoms with E-state index in [1.54, 1.807) is 30.3 Å². The first-order valence-electron chi connectivity index (χ1n) is 6.40. The molecular weight excluding hydrogens is 270 g/mol. The molecule has 20 heavy (non-hydrogen) atoms. The van der Waals surface area contributed by atoms with Crippen LogP contribution in [0.2, 0.25) is 0 Å². The molecule has 100 valence electrons. The van der Waals surface area contributed by atoms with Crippen LogP contribution in [-0.4, -0.2) is 13.7 Å². The Labute approximate surface area is 118 Å². The Morgan fingerprint density at radius 1 is 0.900 bits per heavy atom. The molecule has 2 aromatic rings. The van der Waals surface area contributed by atoms with Gasteiger partial charge in [-0.3, -0.25) is 0 Å². The predicted octanol–water partition coefficient (Wildman–Crippen LogP) is 2.77. The van der Waals surface area contributed by atoms with Gasteiger partial charge < -0.3 is 0 Å². The van der Waals surface area contributed by atoms with Crippen LogP contribution < -0.4 is 0 Å². The molecule has 0 heterocycles. The van der Waals surface area contributed by atoms with Crippen LogP contribution in [0, 0.1) is 17.2 Å². The molecule has 3 atom stereocenters. The average Bonchev–Trinajstić information content (AvgIpc) is 3.24. The summed E-state index contributed by atoms with van der Waals surface area (Å²) in [5.41, 5.74) is 0.920. The van der Waals surface area contributed by atoms with E-state index in [1.165, 1.54) is 0 Å². The molecule has 1 aliphatic carbocycles. The molecule has 0 amide bonds. The quantitative estimate of drug-likeness (QED) is 0.870. The standard InChI is InChI=1S/C16H13NO2S/c17-11-14-15(12-7-3-1-4-8-12)16(14)20(18,19)13-9-5-2-6-10-13/h1-10,14-16H/t14-,15+,16-/m1/s1. The summed E-state index contributed by atoms with van der Waals surface area (Å²) in [5, 5.41) is 8.58. The highest BCUT2D eigenvalue weighted by Crippen LogP contribution is 2.53. The first-order chi connectivity index (χ1) is 9.66. The molecule has 3 rings (SSSR count). The van der Waals surface area contributed by atoms with Gasteiger partial charge in [-0.1, -0.05) is 48.5 Å². The number of hydrogen-bond donors (Lipinski definition) is 0. The van der Waals surface area contributed by atoms with Gasteiger partial charge in [-0.25, -0.2) is 8.42 Å². The maximum atomic E-state index is 12.6. The SMILES string of the molecule is N#C[C@@H]1[C@H](c2ccccc2)[C@@H]1S(=O)(=O)c1ccccc1. The highest BCUT2D eigenvalue weighted by molar-refractivity contribution is 7.92. The maximum Gasteiger partial charge on any atom is 0.183 e. The van der Waals surface area contributed by atoms with Crippen molar-refractivity contribution in [3.63, 3.8) is 0 Å². The second kappa shape index (κ2) is 4.77. The molecule has 0 unspecified atom stereocenters. The number of rotatable bonds is 3. The van der Waals surface area contributed by atoms with Crippen molar-refractivity contribution in [1.82, 2.24) is 0 Å². The van der Waals surface area contributed by atoms with E-state index in [9.17, 15) is 13.7 Å². The molecule has 0 radical (unpaired) electrons. The Morgan fingerprint density at radius 3 is 2.00 bits per heavy atom. The summed E-state index contributed by atoms with van der Waals surface area (Å²) in [7, 11) is -3.45. The molecule has 0 bridgehead atoms. The molecule has 0 spiro atoms. The monoisotopic (exact) mass is 283 g/mol. The summed E-state index contributed by atoms with van der Waals surface area (Å²) in [6.45, 7) is 0. The zero-order valence-corrected chi connectivity index (χ0v) is 11.5. The third-order valence-electron chi connectivity index (χ3n) is 3.72. The minimum absolute atomic E-state index is 0.216. The van der Waals surface area contributed by atoms with Crippen LogP contribution in [-0.2, 0) is 9.84 Å². The van der Waals surface area contributed by atoms with Gasteiger partial charge in [0.05, 0.1) is 22.1 Å². The molecular formula is C16H13NO2S. The molecule has 1 saturated carbocycles. The maximum absolute atomic E-state index is 12.6. The van der Waals surface area contributed by atoms with Gasteiger partial charge in [-0.2, -0.15) is 5.26 Å². The van der Waals surface area contributed by atoms with Crippen LogP contribution in [0.4, 0.5) is 0 Å². The van der Waals surface area contributed by atoms with Crippen molar-refractivity contribution in [2.75, 3.05) is 0 Å². The predicted molar refractivity (Wildman–Crippen MR) is 75.7 cm³/mol. The minimum Gasteiger partial charge on any atom is -0.223 e. The average molecular weight is 283 g/mol. The van der Waals surface area contributed by atoms with Crippen LogP contribution in [0.3, 0.4) is 0 Å². The van der Waals surface area contributed by atoms with Crippen molar-refractivity contribution in [3.05, 3.63) is 66.2 Å². The molecule has 2 aromatic carbocycles. The highest BCUT2D eigenvalue weighted by atomic mass is 32.2. The first-order valence-corrected chi connectivity index (χ1v) is 7.94. The molecule has 4 heteroatoms. The Kier molecular flexibility index (Phi) is 3.07. The fourth-order valence-electron chi connectivity index (χ4n) is 2.66. The number of nitrogens with zero attached hydrogens (tertiary/aromatic N) is 1. The summed E-state index contributed by atoms with van der Waals surface area (Å²) >= 11 is 0. The second-order valence-corrected chi connectivity index (χ2v) is 7.02. The molecule has 0 aromatic heterocycles. The fourth-order valence-corrected chi connectivity index (χ4v) is 4.75. The summed E-state index contributed by atoms with van der Waals surface area (Å²) in [6, 6.07) is 19.9. The molecule has 0 saturated heterocycles. The van der Waals surface area contributed by atoms with Crippen molar-refractivity contribution in [3.8, 4) is 6.07 Å². The van der Waals surface area contributed by atoms with E-state index in [-0.39, 0.29) is 5.92 Å². The lowest BCUT2D eigenvalue weighted by atomic mass is 10.1. The topological polar surface area (TPSA) is 57.9 Å². The van der Waals surface area contributed by atoms with Gasteiger partial charge in [0.15, 0.2) is 9.84 Å². The van der Waals surface area contributed by atoms with Gasteiger partial charge in [-0.15, -0.1) is 0 Å². The minimum atomic E-state index is -3.45. The molecule has 1 fully saturated rings. The Morgan fingerprint density at radius 2 is 1.45 bits per heavy atom. The van der Waals surface area contributed by atoms with Gasteiger partial charge in [0.2, 0.25) is 0 Å². The van der Waals surface area contributed by atoms with Crippen molar-refractivity contribution >= 4 is 9.84 Å². The lowest BCUT2D eigenvalue weighted by Crippen LogP contribution is -2.10. The van der Waals surface area contributed by atoms with Gasteiger partial charge in [0, 0.05) is 5.92 Å². The van der Waals surface area contributed by atoms with Crippen molar-refractivity contribution in [1.29, 1.82) is 5.26 Å². The van der Waals surface area contributed by atoms with Gasteiger partial charge in [0.25, 0.3) is 0 Å². The van der Waals surface area contributed by atoms with E-state index in [4.69, 9.17) is 0 Å². The largest absolute Gasteiger partial charge is 0.223 e. The van der Waals surface area contributed by atoms with E-state index < -0.39 is 21.0 Å². The molecule has 0 aliphatic heterocycles. The van der Waals surface area contributed by atoms with E-state index >= 15 is 0 Å². The molecule has 3 nitrogen and oxygen atoms in total. The third kappa shape index (κ3) is 2.00. The second-order valence-electron chi connectivity index (χ2n) is 4.91. The zero-order valence-electron chi connectivity index (χ0n) is 10.7. The Balaban J connectivity index is 1.98. The van der Waals surface area contributed by atoms with Gasteiger partial charge >= 0.3 is 0 Å². The van der Waals surface area contributed by atoms with Crippen molar-refractivity contribution < 1.29 is 8.42 Å². The van der Waals surface area contributed by atoms with E-state index in [0.717, 1.165) is 5.56 Å². The Bertz CT molecular complexity index is 748. The highest BCUT2D eigenvalue weighted by Gasteiger charge is 2.59. The van der Waals surface area contributed by atoms with Gasteiger partial charge in [-0.05, 0) is 17.7 Å². The van der Waals surface area contributed by atoms with Crippen LogP contribution >= 0.6 is 0 Å². The van der Waals surface area contributed by atoms with Crippen molar-refractivity contribution in [2.45, 2.75) is 16.1 Å². The summed E-state index contributed by atoms with van der Waals surface area (Å²) in [4.78, 5) is 0.295. The van der Waals surface area contributed by atoms with Crippen molar-refractivity contribution in [2.24, 2.45) is 5.92 Å². The third-order valence-corrected chi connectivity index (χ3v) is 5.95. The number of hydrogen-bond acceptors (Lipinski definition) is 3. The number of benzene rings is 2. The summed E-state index contributed by atoms with van der Waals surface area (Å²) in [5.74, 6) is -0.672. The molecule has 1 aliphatic rings.